The molecule has 0 saturated carbocycles. The van der Waals surface area contributed by atoms with Crippen molar-refractivity contribution in [3.8, 4) is 0 Å². The van der Waals surface area contributed by atoms with Crippen molar-refractivity contribution in [3.05, 3.63) is 34.1 Å². The number of rotatable bonds is 2. The molecule has 0 radical (unpaired) electrons. The zero-order valence-electron chi connectivity index (χ0n) is 11.2. The van der Waals surface area contributed by atoms with Crippen LogP contribution in [0.5, 0.6) is 0 Å². The summed E-state index contributed by atoms with van der Waals surface area (Å²) in [6.07, 6.45) is 1.51. The Morgan fingerprint density at radius 1 is 1.45 bits per heavy atom. The molecule has 0 spiro atoms. The molecule has 108 valence electrons. The monoisotopic (exact) mass is 358 g/mol. The van der Waals surface area contributed by atoms with Crippen LogP contribution >= 0.6 is 28.1 Å². The summed E-state index contributed by atoms with van der Waals surface area (Å²) in [5.74, 6) is -0.463. The number of nitrogens with zero attached hydrogens (tertiary/aromatic N) is 1. The third-order valence-corrected chi connectivity index (χ3v) is 5.06. The second-order valence-electron chi connectivity index (χ2n) is 5.34. The van der Waals surface area contributed by atoms with E-state index in [2.05, 4.69) is 15.9 Å². The van der Waals surface area contributed by atoms with Crippen LogP contribution in [0.4, 0.5) is 4.39 Å². The molecule has 1 aliphatic heterocycles. The van der Waals surface area contributed by atoms with Gasteiger partial charge in [-0.15, -0.1) is 0 Å². The van der Waals surface area contributed by atoms with Crippen LogP contribution in [0.3, 0.4) is 0 Å². The first-order valence-corrected chi connectivity index (χ1v) is 7.58. The molecule has 1 aromatic rings. The molecule has 0 atom stereocenters. The van der Waals surface area contributed by atoms with E-state index in [1.165, 1.54) is 18.2 Å². The van der Waals surface area contributed by atoms with Crippen molar-refractivity contribution in [1.29, 1.82) is 0 Å². The lowest BCUT2D eigenvalue weighted by atomic mass is 9.80. The second-order valence-corrected chi connectivity index (χ2v) is 6.64. The summed E-state index contributed by atoms with van der Waals surface area (Å²) in [4.78, 5) is 14.7. The smallest absolute Gasteiger partial charge is 0.255 e. The van der Waals surface area contributed by atoms with Gasteiger partial charge in [0.15, 0.2) is 0 Å². The molecule has 1 aromatic carbocycles. The molecule has 0 unspecified atom stereocenters. The van der Waals surface area contributed by atoms with Gasteiger partial charge in [0.05, 0.1) is 10.6 Å². The molecule has 1 saturated heterocycles. The summed E-state index contributed by atoms with van der Waals surface area (Å²) in [7, 11) is 0. The Kier molecular flexibility index (Phi) is 4.44. The fourth-order valence-corrected chi connectivity index (χ4v) is 3.01. The van der Waals surface area contributed by atoms with E-state index in [1.807, 2.05) is 6.92 Å². The average Bonchev–Trinajstić information content (AvgIpc) is 2.38. The van der Waals surface area contributed by atoms with Gasteiger partial charge < -0.3 is 10.6 Å². The quantitative estimate of drug-likeness (QED) is 0.826. The van der Waals surface area contributed by atoms with E-state index in [1.54, 1.807) is 4.90 Å². The number of benzene rings is 1. The molecule has 0 aromatic heterocycles. The van der Waals surface area contributed by atoms with Crippen LogP contribution in [-0.4, -0.2) is 28.9 Å². The average molecular weight is 359 g/mol. The van der Waals surface area contributed by atoms with E-state index in [0.29, 0.717) is 28.1 Å². The number of likely N-dealkylation sites (tertiary alicyclic amines) is 1. The third-order valence-electron chi connectivity index (χ3n) is 3.91. The normalized spacial score (nSPS) is 17.9. The van der Waals surface area contributed by atoms with Crippen LogP contribution in [0.15, 0.2) is 22.7 Å². The van der Waals surface area contributed by atoms with Crippen molar-refractivity contribution >= 4 is 39.0 Å². The van der Waals surface area contributed by atoms with Gasteiger partial charge in [-0.25, -0.2) is 4.39 Å². The summed E-state index contributed by atoms with van der Waals surface area (Å²) < 4.78 is 13.5. The van der Waals surface area contributed by atoms with Gasteiger partial charge in [-0.1, -0.05) is 19.1 Å². The van der Waals surface area contributed by atoms with Gasteiger partial charge in [-0.2, -0.15) is 0 Å². The van der Waals surface area contributed by atoms with Gasteiger partial charge in [0, 0.05) is 23.0 Å². The molecule has 2 rings (SSSR count). The molecule has 1 heterocycles. The van der Waals surface area contributed by atoms with Crippen LogP contribution < -0.4 is 5.73 Å². The number of carbonyl (C=O) groups excluding carboxylic acids is 1. The SMILES string of the molecule is CC1(C(N)=S)CCN(C(=O)c2ccc(F)cc2Br)CC1. The van der Waals surface area contributed by atoms with Gasteiger partial charge in [-0.05, 0) is 47.0 Å². The Morgan fingerprint density at radius 3 is 2.55 bits per heavy atom. The fraction of sp³-hybridized carbons (Fsp3) is 0.429. The molecule has 1 fully saturated rings. The summed E-state index contributed by atoms with van der Waals surface area (Å²) in [5.41, 5.74) is 6.06. The molecule has 0 bridgehead atoms. The van der Waals surface area contributed by atoms with Gasteiger partial charge >= 0.3 is 0 Å². The summed E-state index contributed by atoms with van der Waals surface area (Å²) in [6, 6.07) is 4.10. The van der Waals surface area contributed by atoms with Crippen LogP contribution in [0.25, 0.3) is 0 Å². The fourth-order valence-electron chi connectivity index (χ4n) is 2.28. The minimum atomic E-state index is -0.367. The Bertz CT molecular complexity index is 556. The maximum absolute atomic E-state index is 13.1. The molecular weight excluding hydrogens is 343 g/mol. The molecular formula is C14H16BrFN2OS. The number of halogens is 2. The predicted molar refractivity (Wildman–Crippen MR) is 84.1 cm³/mol. The predicted octanol–water partition coefficient (Wildman–Crippen LogP) is 3.12. The molecule has 20 heavy (non-hydrogen) atoms. The van der Waals surface area contributed by atoms with Crippen molar-refractivity contribution in [2.75, 3.05) is 13.1 Å². The van der Waals surface area contributed by atoms with Crippen molar-refractivity contribution in [3.63, 3.8) is 0 Å². The molecule has 1 amide bonds. The first-order chi connectivity index (χ1) is 9.33. The number of nitrogens with two attached hydrogens (primary N) is 1. The van der Waals surface area contributed by atoms with Crippen molar-refractivity contribution in [1.82, 2.24) is 4.90 Å². The minimum absolute atomic E-state index is 0.0955. The van der Waals surface area contributed by atoms with E-state index in [4.69, 9.17) is 18.0 Å². The summed E-state index contributed by atoms with van der Waals surface area (Å²) in [6.45, 7) is 3.25. The zero-order valence-corrected chi connectivity index (χ0v) is 13.6. The first-order valence-electron chi connectivity index (χ1n) is 6.38. The van der Waals surface area contributed by atoms with Crippen molar-refractivity contribution in [2.24, 2.45) is 11.1 Å². The highest BCUT2D eigenvalue weighted by molar-refractivity contribution is 9.10. The Labute approximate surface area is 131 Å². The lowest BCUT2D eigenvalue weighted by Gasteiger charge is -2.38. The number of carbonyl (C=O) groups is 1. The Hall–Kier alpha value is -1.01. The van der Waals surface area contributed by atoms with E-state index in [0.717, 1.165) is 12.8 Å². The maximum Gasteiger partial charge on any atom is 0.255 e. The summed E-state index contributed by atoms with van der Waals surface area (Å²) >= 11 is 8.32. The van der Waals surface area contributed by atoms with Gasteiger partial charge in [0.2, 0.25) is 0 Å². The Morgan fingerprint density at radius 2 is 2.05 bits per heavy atom. The third kappa shape index (κ3) is 3.01. The van der Waals surface area contributed by atoms with Gasteiger partial charge in [-0.3, -0.25) is 4.79 Å². The van der Waals surface area contributed by atoms with Crippen LogP contribution in [0.2, 0.25) is 0 Å². The van der Waals surface area contributed by atoms with Crippen LogP contribution in [0, 0.1) is 11.2 Å². The first kappa shape index (κ1) is 15.4. The van der Waals surface area contributed by atoms with E-state index in [-0.39, 0.29) is 17.1 Å². The molecule has 0 aliphatic carbocycles. The van der Waals surface area contributed by atoms with Crippen molar-refractivity contribution < 1.29 is 9.18 Å². The minimum Gasteiger partial charge on any atom is -0.393 e. The Balaban J connectivity index is 2.11. The number of hydrogen-bond donors (Lipinski definition) is 1. The van der Waals surface area contributed by atoms with Crippen molar-refractivity contribution in [2.45, 2.75) is 19.8 Å². The largest absolute Gasteiger partial charge is 0.393 e. The lowest BCUT2D eigenvalue weighted by Crippen LogP contribution is -2.46. The maximum atomic E-state index is 13.1. The highest BCUT2D eigenvalue weighted by Crippen LogP contribution is 2.32. The van der Waals surface area contributed by atoms with E-state index in [9.17, 15) is 9.18 Å². The highest BCUT2D eigenvalue weighted by Gasteiger charge is 2.34. The van der Waals surface area contributed by atoms with Crippen LogP contribution in [0.1, 0.15) is 30.1 Å². The van der Waals surface area contributed by atoms with Gasteiger partial charge in [0.25, 0.3) is 5.91 Å². The highest BCUT2D eigenvalue weighted by atomic mass is 79.9. The van der Waals surface area contributed by atoms with E-state index >= 15 is 0 Å². The van der Waals surface area contributed by atoms with Crippen LogP contribution in [-0.2, 0) is 0 Å². The lowest BCUT2D eigenvalue weighted by molar-refractivity contribution is 0.0669. The zero-order chi connectivity index (χ0) is 14.9. The standard InChI is InChI=1S/C14H16BrFN2OS/c1-14(13(17)20)4-6-18(7-5-14)12(19)10-3-2-9(16)8-11(10)15/h2-3,8H,4-7H2,1H3,(H2,17,20). The number of hydrogen-bond acceptors (Lipinski definition) is 2. The van der Waals surface area contributed by atoms with E-state index < -0.39 is 0 Å². The van der Waals surface area contributed by atoms with Gasteiger partial charge in [0.1, 0.15) is 5.82 Å². The molecule has 1 aliphatic rings. The number of thiocarbonyl (C=S) groups is 1. The topological polar surface area (TPSA) is 46.3 Å². The molecule has 6 heteroatoms. The molecule has 3 nitrogen and oxygen atoms in total. The summed E-state index contributed by atoms with van der Waals surface area (Å²) in [5, 5.41) is 0. The number of piperidine rings is 1. The second kappa shape index (κ2) is 5.77. The number of amides is 1. The molecule has 2 N–H and O–H groups in total.